The van der Waals surface area contributed by atoms with Crippen LogP contribution in [0, 0.1) is 5.92 Å². The summed E-state index contributed by atoms with van der Waals surface area (Å²) in [6, 6.07) is 0.194. The number of carbonyl (C=O) groups is 2. The first-order valence-electron chi connectivity index (χ1n) is 5.49. The van der Waals surface area contributed by atoms with Gasteiger partial charge in [-0.3, -0.25) is 9.59 Å². The molecule has 4 nitrogen and oxygen atoms in total. The van der Waals surface area contributed by atoms with Crippen molar-refractivity contribution in [3.8, 4) is 0 Å². The fourth-order valence-electron chi connectivity index (χ4n) is 1.44. The van der Waals surface area contributed by atoms with Crippen molar-refractivity contribution in [2.45, 2.75) is 39.2 Å². The maximum Gasteiger partial charge on any atom is 0.303 e. The van der Waals surface area contributed by atoms with E-state index in [2.05, 4.69) is 5.32 Å². The molecule has 5 heteroatoms. The van der Waals surface area contributed by atoms with Crippen LogP contribution in [0.2, 0.25) is 0 Å². The van der Waals surface area contributed by atoms with Crippen molar-refractivity contribution in [1.29, 1.82) is 0 Å². The van der Waals surface area contributed by atoms with Crippen LogP contribution in [0.15, 0.2) is 0 Å². The zero-order chi connectivity index (χ0) is 12.6. The van der Waals surface area contributed by atoms with E-state index in [0.29, 0.717) is 0 Å². The molecule has 0 aromatic rings. The minimum atomic E-state index is -0.851. The van der Waals surface area contributed by atoms with Gasteiger partial charge in [0.25, 0.3) is 0 Å². The van der Waals surface area contributed by atoms with E-state index in [4.69, 9.17) is 5.11 Å². The molecule has 0 bridgehead atoms. The smallest absolute Gasteiger partial charge is 0.303 e. The van der Waals surface area contributed by atoms with Crippen LogP contribution in [0.5, 0.6) is 0 Å². The monoisotopic (exact) mass is 247 g/mol. The van der Waals surface area contributed by atoms with Crippen LogP contribution in [-0.4, -0.2) is 35.0 Å². The first-order chi connectivity index (χ1) is 7.49. The van der Waals surface area contributed by atoms with Crippen LogP contribution < -0.4 is 5.32 Å². The topological polar surface area (TPSA) is 66.4 Å². The highest BCUT2D eigenvalue weighted by Crippen LogP contribution is 2.08. The molecule has 2 atom stereocenters. The molecule has 0 aliphatic heterocycles. The van der Waals surface area contributed by atoms with Crippen molar-refractivity contribution in [2.75, 3.05) is 12.0 Å². The second-order valence-corrected chi connectivity index (χ2v) is 4.95. The number of amides is 1. The summed E-state index contributed by atoms with van der Waals surface area (Å²) in [5.41, 5.74) is 0. The second kappa shape index (κ2) is 8.44. The van der Waals surface area contributed by atoms with Crippen LogP contribution in [-0.2, 0) is 9.59 Å². The summed E-state index contributed by atoms with van der Waals surface area (Å²) in [6.07, 6.45) is 3.24. The van der Waals surface area contributed by atoms with E-state index in [-0.39, 0.29) is 30.7 Å². The van der Waals surface area contributed by atoms with Crippen LogP contribution in [0.4, 0.5) is 0 Å². The molecule has 0 fully saturated rings. The quantitative estimate of drug-likeness (QED) is 0.685. The fourth-order valence-corrected chi connectivity index (χ4v) is 2.16. The Morgan fingerprint density at radius 2 is 2.00 bits per heavy atom. The second-order valence-electron chi connectivity index (χ2n) is 4.04. The number of carboxylic acid groups (broad SMARTS) is 1. The van der Waals surface area contributed by atoms with Gasteiger partial charge in [0.2, 0.25) is 5.91 Å². The lowest BCUT2D eigenvalue weighted by Gasteiger charge is -2.17. The molecule has 0 aliphatic carbocycles. The Labute approximate surface area is 101 Å². The first kappa shape index (κ1) is 15.3. The van der Waals surface area contributed by atoms with Crippen molar-refractivity contribution in [2.24, 2.45) is 5.92 Å². The van der Waals surface area contributed by atoms with Crippen molar-refractivity contribution in [3.63, 3.8) is 0 Å². The van der Waals surface area contributed by atoms with E-state index in [0.717, 1.165) is 12.2 Å². The number of carboxylic acids is 1. The van der Waals surface area contributed by atoms with Crippen molar-refractivity contribution < 1.29 is 14.7 Å². The van der Waals surface area contributed by atoms with E-state index >= 15 is 0 Å². The lowest BCUT2D eigenvalue weighted by molar-refractivity contribution is -0.138. The van der Waals surface area contributed by atoms with Crippen molar-refractivity contribution in [3.05, 3.63) is 0 Å². The summed E-state index contributed by atoms with van der Waals surface area (Å²) < 4.78 is 0. The lowest BCUT2D eigenvalue weighted by Crippen LogP contribution is -2.36. The number of hydrogen-bond donors (Lipinski definition) is 2. The average Bonchev–Trinajstić information content (AvgIpc) is 2.15. The Morgan fingerprint density at radius 3 is 2.44 bits per heavy atom. The first-order valence-corrected chi connectivity index (χ1v) is 6.89. The summed E-state index contributed by atoms with van der Waals surface area (Å²) >= 11 is 1.70. The van der Waals surface area contributed by atoms with Gasteiger partial charge < -0.3 is 10.4 Å². The largest absolute Gasteiger partial charge is 0.481 e. The Bertz CT molecular complexity index is 233. The summed E-state index contributed by atoms with van der Waals surface area (Å²) in [4.78, 5) is 22.0. The molecule has 0 aromatic carbocycles. The molecule has 2 unspecified atom stereocenters. The van der Waals surface area contributed by atoms with Crippen LogP contribution in [0.25, 0.3) is 0 Å². The minimum absolute atomic E-state index is 0.0466. The highest BCUT2D eigenvalue weighted by molar-refractivity contribution is 7.98. The molecule has 0 aliphatic rings. The zero-order valence-electron chi connectivity index (χ0n) is 10.2. The molecule has 0 radical (unpaired) electrons. The van der Waals surface area contributed by atoms with Gasteiger partial charge in [0.1, 0.15) is 0 Å². The van der Waals surface area contributed by atoms with Crippen LogP contribution >= 0.6 is 11.8 Å². The van der Waals surface area contributed by atoms with Crippen molar-refractivity contribution >= 4 is 23.6 Å². The summed E-state index contributed by atoms with van der Waals surface area (Å²) in [7, 11) is 0. The summed E-state index contributed by atoms with van der Waals surface area (Å²) in [5, 5.41) is 11.5. The fraction of sp³-hybridized carbons (Fsp3) is 0.818. The highest BCUT2D eigenvalue weighted by atomic mass is 32.2. The van der Waals surface area contributed by atoms with Gasteiger partial charge in [0.05, 0.1) is 0 Å². The van der Waals surface area contributed by atoms with Gasteiger partial charge in [-0.15, -0.1) is 0 Å². The van der Waals surface area contributed by atoms with Gasteiger partial charge in [-0.25, -0.2) is 0 Å². The molecule has 0 saturated carbocycles. The molecule has 0 spiro atoms. The number of thioether (sulfide) groups is 1. The van der Waals surface area contributed by atoms with E-state index in [9.17, 15) is 9.59 Å². The molecular weight excluding hydrogens is 226 g/mol. The van der Waals surface area contributed by atoms with Gasteiger partial charge >= 0.3 is 5.97 Å². The summed E-state index contributed by atoms with van der Waals surface area (Å²) in [6.45, 7) is 3.81. The Hall–Kier alpha value is -0.710. The Balaban J connectivity index is 3.91. The molecule has 16 heavy (non-hydrogen) atoms. The zero-order valence-corrected chi connectivity index (χ0v) is 11.0. The molecule has 0 heterocycles. The average molecular weight is 247 g/mol. The van der Waals surface area contributed by atoms with Crippen LogP contribution in [0.3, 0.4) is 0 Å². The number of aliphatic carboxylic acids is 1. The Kier molecular flexibility index (Phi) is 8.07. The van der Waals surface area contributed by atoms with E-state index in [1.807, 2.05) is 13.2 Å². The molecule has 0 rings (SSSR count). The van der Waals surface area contributed by atoms with Gasteiger partial charge in [-0.05, 0) is 18.6 Å². The van der Waals surface area contributed by atoms with Gasteiger partial charge in [0.15, 0.2) is 0 Å². The van der Waals surface area contributed by atoms with Gasteiger partial charge in [-0.2, -0.15) is 11.8 Å². The lowest BCUT2D eigenvalue weighted by atomic mass is 10.0. The van der Waals surface area contributed by atoms with E-state index < -0.39 is 5.97 Å². The molecule has 0 saturated heterocycles. The third kappa shape index (κ3) is 7.56. The molecule has 2 N–H and O–H groups in total. The standard InChI is InChI=1S/C11H21NO3S/c1-4-9(7-16-3)12-10(13)5-8(2)6-11(14)15/h8-9H,4-7H2,1-3H3,(H,12,13)(H,14,15). The van der Waals surface area contributed by atoms with Gasteiger partial charge in [-0.1, -0.05) is 13.8 Å². The predicted octanol–water partition coefficient (Wildman–Crippen LogP) is 1.75. The van der Waals surface area contributed by atoms with Crippen molar-refractivity contribution in [1.82, 2.24) is 5.32 Å². The number of nitrogens with one attached hydrogen (secondary N) is 1. The Morgan fingerprint density at radius 1 is 1.38 bits per heavy atom. The summed E-state index contributed by atoms with van der Waals surface area (Å²) in [5.74, 6) is -0.106. The van der Waals surface area contributed by atoms with Gasteiger partial charge in [0, 0.05) is 24.6 Å². The number of carbonyl (C=O) groups excluding carboxylic acids is 1. The predicted molar refractivity (Wildman–Crippen MR) is 66.6 cm³/mol. The molecule has 0 aromatic heterocycles. The highest BCUT2D eigenvalue weighted by Gasteiger charge is 2.15. The molecule has 94 valence electrons. The minimum Gasteiger partial charge on any atom is -0.481 e. The van der Waals surface area contributed by atoms with Crippen LogP contribution in [0.1, 0.15) is 33.1 Å². The molecule has 1 amide bonds. The molecular formula is C11H21NO3S. The van der Waals surface area contributed by atoms with E-state index in [1.54, 1.807) is 18.7 Å². The number of hydrogen-bond acceptors (Lipinski definition) is 3. The maximum atomic E-state index is 11.6. The SMILES string of the molecule is CCC(CSC)NC(=O)CC(C)CC(=O)O. The van der Waals surface area contributed by atoms with E-state index in [1.165, 1.54) is 0 Å². The number of rotatable bonds is 8. The third-order valence-electron chi connectivity index (χ3n) is 2.28. The third-order valence-corrected chi connectivity index (χ3v) is 3.02. The normalized spacial score (nSPS) is 14.2. The maximum absolute atomic E-state index is 11.6.